The van der Waals surface area contributed by atoms with Gasteiger partial charge in [-0.1, -0.05) is 0 Å². The van der Waals surface area contributed by atoms with Gasteiger partial charge in [0.1, 0.15) is 12.1 Å². The van der Waals surface area contributed by atoms with E-state index in [2.05, 4.69) is 0 Å². The molecule has 0 saturated heterocycles. The molecule has 3 N–H and O–H groups in total. The molecule has 0 amide bonds. The first kappa shape index (κ1) is 13.1. The Hall–Kier alpha value is -1.99. The zero-order chi connectivity index (χ0) is 13.0. The maximum atomic E-state index is 10.7. The molecule has 1 aromatic carbocycles. The van der Waals surface area contributed by atoms with Crippen LogP contribution in [-0.4, -0.2) is 29.2 Å². The van der Waals surface area contributed by atoms with Crippen LogP contribution in [0.25, 0.3) is 0 Å². The van der Waals surface area contributed by atoms with E-state index in [0.717, 1.165) is 0 Å². The quantitative estimate of drug-likeness (QED) is 0.578. The maximum Gasteiger partial charge on any atom is 0.323 e. The van der Waals surface area contributed by atoms with Gasteiger partial charge in [0.2, 0.25) is 0 Å². The van der Waals surface area contributed by atoms with Crippen molar-refractivity contribution in [2.24, 2.45) is 5.73 Å². The Bertz CT molecular complexity index is 417. The molecule has 0 aliphatic heterocycles. The van der Waals surface area contributed by atoms with Gasteiger partial charge in [0.25, 0.3) is 5.69 Å². The van der Waals surface area contributed by atoms with E-state index in [0.29, 0.717) is 5.56 Å². The highest BCUT2D eigenvalue weighted by atomic mass is 16.6. The molecular formula is C10H12N2O5. The molecular weight excluding hydrogens is 228 g/mol. The number of nitrogens with two attached hydrogens (primary N) is 1. The molecule has 1 aromatic rings. The number of methoxy groups -OCH3 is 1. The van der Waals surface area contributed by atoms with Gasteiger partial charge in [0.15, 0.2) is 0 Å². The molecule has 0 bridgehead atoms. The number of non-ortho nitro benzene ring substituents is 1. The summed E-state index contributed by atoms with van der Waals surface area (Å²) in [6.45, 7) is 0. The molecule has 1 rings (SSSR count). The summed E-state index contributed by atoms with van der Waals surface area (Å²) in [5.41, 5.74) is 5.85. The summed E-state index contributed by atoms with van der Waals surface area (Å²) in [7, 11) is 1.33. The van der Waals surface area contributed by atoms with Crippen LogP contribution in [-0.2, 0) is 9.53 Å². The fourth-order valence-corrected chi connectivity index (χ4v) is 1.41. The molecule has 0 aliphatic carbocycles. The van der Waals surface area contributed by atoms with Crippen LogP contribution in [0.15, 0.2) is 24.3 Å². The molecule has 0 aromatic heterocycles. The minimum absolute atomic E-state index is 0.0764. The van der Waals surface area contributed by atoms with Gasteiger partial charge in [-0.15, -0.1) is 0 Å². The van der Waals surface area contributed by atoms with Crippen LogP contribution in [0.3, 0.4) is 0 Å². The van der Waals surface area contributed by atoms with Gasteiger partial charge in [-0.25, -0.2) is 0 Å². The van der Waals surface area contributed by atoms with Crippen molar-refractivity contribution in [1.82, 2.24) is 0 Å². The first-order chi connectivity index (χ1) is 7.97. The first-order valence-corrected chi connectivity index (χ1v) is 4.73. The Balaban J connectivity index is 2.97. The summed E-state index contributed by atoms with van der Waals surface area (Å²) in [6.07, 6.45) is -0.840. The number of hydrogen-bond acceptors (Lipinski definition) is 5. The van der Waals surface area contributed by atoms with Crippen molar-refractivity contribution in [2.45, 2.75) is 12.1 Å². The van der Waals surface area contributed by atoms with E-state index >= 15 is 0 Å². The summed E-state index contributed by atoms with van der Waals surface area (Å²) in [4.78, 5) is 20.6. The second-order valence-electron chi connectivity index (χ2n) is 3.37. The van der Waals surface area contributed by atoms with Crippen LogP contribution in [0.1, 0.15) is 11.7 Å². The predicted molar refractivity (Wildman–Crippen MR) is 58.5 cm³/mol. The Morgan fingerprint density at radius 3 is 2.35 bits per heavy atom. The Morgan fingerprint density at radius 1 is 1.47 bits per heavy atom. The van der Waals surface area contributed by atoms with Gasteiger partial charge in [-0.2, -0.15) is 0 Å². The lowest BCUT2D eigenvalue weighted by Gasteiger charge is -2.19. The van der Waals surface area contributed by atoms with Crippen LogP contribution >= 0.6 is 0 Å². The lowest BCUT2D eigenvalue weighted by molar-refractivity contribution is -0.384. The summed E-state index contributed by atoms with van der Waals surface area (Å²) in [6, 6.07) is 4.18. The summed E-state index contributed by atoms with van der Waals surface area (Å²) < 4.78 is 4.98. The molecule has 0 spiro atoms. The number of nitro groups is 1. The predicted octanol–water partition coefficient (Wildman–Crippen LogP) is 0.694. The minimum atomic E-state index is -1.22. The molecule has 7 heteroatoms. The Morgan fingerprint density at radius 2 is 2.00 bits per heavy atom. The molecule has 0 saturated carbocycles. The third-order valence-electron chi connectivity index (χ3n) is 2.30. The molecule has 0 heterocycles. The Labute approximate surface area is 97.0 Å². The number of rotatable bonds is 5. The van der Waals surface area contributed by atoms with E-state index in [1.165, 1.54) is 31.4 Å². The maximum absolute atomic E-state index is 10.7. The van der Waals surface area contributed by atoms with Gasteiger partial charge in [0, 0.05) is 19.2 Å². The number of carboxylic acids is 1. The van der Waals surface area contributed by atoms with Crippen molar-refractivity contribution in [3.8, 4) is 0 Å². The van der Waals surface area contributed by atoms with E-state index in [-0.39, 0.29) is 5.69 Å². The number of ether oxygens (including phenoxy) is 1. The fourth-order valence-electron chi connectivity index (χ4n) is 1.41. The number of carbonyl (C=O) groups is 1. The molecule has 7 nitrogen and oxygen atoms in total. The van der Waals surface area contributed by atoms with E-state index in [9.17, 15) is 14.9 Å². The number of aliphatic carboxylic acids is 1. The standard InChI is InChI=1S/C10H12N2O5/c1-17-9(8(11)10(13)14)6-2-4-7(5-3-6)12(15)16/h2-5,8-9H,11H2,1H3,(H,13,14)/t8-,9+/m0/s1. The lowest BCUT2D eigenvalue weighted by atomic mass is 10.0. The van der Waals surface area contributed by atoms with Crippen LogP contribution < -0.4 is 5.73 Å². The minimum Gasteiger partial charge on any atom is -0.480 e. The molecule has 2 atom stereocenters. The number of nitro benzene ring substituents is 1. The summed E-state index contributed by atoms with van der Waals surface area (Å²) >= 11 is 0. The molecule has 0 fully saturated rings. The first-order valence-electron chi connectivity index (χ1n) is 4.73. The zero-order valence-corrected chi connectivity index (χ0v) is 9.07. The van der Waals surface area contributed by atoms with Crippen molar-refractivity contribution in [1.29, 1.82) is 0 Å². The van der Waals surface area contributed by atoms with Crippen LogP contribution in [0.5, 0.6) is 0 Å². The van der Waals surface area contributed by atoms with Crippen molar-refractivity contribution < 1.29 is 19.6 Å². The second kappa shape index (κ2) is 5.37. The fraction of sp³-hybridized carbons (Fsp3) is 0.300. The second-order valence-corrected chi connectivity index (χ2v) is 3.37. The summed E-state index contributed by atoms with van der Waals surface area (Å²) in [5.74, 6) is -1.20. The number of hydrogen-bond donors (Lipinski definition) is 2. The smallest absolute Gasteiger partial charge is 0.323 e. The highest BCUT2D eigenvalue weighted by molar-refractivity contribution is 5.74. The monoisotopic (exact) mass is 240 g/mol. The van der Waals surface area contributed by atoms with Crippen molar-refractivity contribution >= 4 is 11.7 Å². The summed E-state index contributed by atoms with van der Waals surface area (Å²) in [5, 5.41) is 19.2. The van der Waals surface area contributed by atoms with E-state index in [1.54, 1.807) is 0 Å². The van der Waals surface area contributed by atoms with Gasteiger partial charge in [0.05, 0.1) is 4.92 Å². The topological polar surface area (TPSA) is 116 Å². The molecule has 0 unspecified atom stereocenters. The third-order valence-corrected chi connectivity index (χ3v) is 2.30. The van der Waals surface area contributed by atoms with Gasteiger partial charge < -0.3 is 15.6 Å². The lowest BCUT2D eigenvalue weighted by Crippen LogP contribution is -2.37. The van der Waals surface area contributed by atoms with Crippen molar-refractivity contribution in [3.63, 3.8) is 0 Å². The highest BCUT2D eigenvalue weighted by Crippen LogP contribution is 2.22. The van der Waals surface area contributed by atoms with Crippen molar-refractivity contribution in [3.05, 3.63) is 39.9 Å². The zero-order valence-electron chi connectivity index (χ0n) is 9.07. The van der Waals surface area contributed by atoms with E-state index in [4.69, 9.17) is 15.6 Å². The Kier molecular flexibility index (Phi) is 4.13. The SMILES string of the molecule is CO[C@H](c1ccc([N+](=O)[O-])cc1)[C@H](N)C(=O)O. The van der Waals surface area contributed by atoms with Gasteiger partial charge in [-0.05, 0) is 17.7 Å². The number of nitrogens with zero attached hydrogens (tertiary/aromatic N) is 1. The highest BCUT2D eigenvalue weighted by Gasteiger charge is 2.25. The average molecular weight is 240 g/mol. The van der Waals surface area contributed by atoms with Crippen LogP contribution in [0.2, 0.25) is 0 Å². The van der Waals surface area contributed by atoms with Gasteiger partial charge >= 0.3 is 5.97 Å². The molecule has 0 aliphatic rings. The molecule has 92 valence electrons. The van der Waals surface area contributed by atoms with Crippen molar-refractivity contribution in [2.75, 3.05) is 7.11 Å². The third kappa shape index (κ3) is 2.99. The van der Waals surface area contributed by atoms with E-state index < -0.39 is 23.0 Å². The number of carboxylic acid groups (broad SMARTS) is 1. The normalized spacial score (nSPS) is 14.0. The molecule has 0 radical (unpaired) electrons. The number of benzene rings is 1. The van der Waals surface area contributed by atoms with Crippen LogP contribution in [0.4, 0.5) is 5.69 Å². The molecule has 17 heavy (non-hydrogen) atoms. The van der Waals surface area contributed by atoms with Crippen LogP contribution in [0, 0.1) is 10.1 Å². The average Bonchev–Trinajstić information content (AvgIpc) is 2.30. The van der Waals surface area contributed by atoms with Gasteiger partial charge in [-0.3, -0.25) is 14.9 Å². The largest absolute Gasteiger partial charge is 0.480 e. The van der Waals surface area contributed by atoms with E-state index in [1.807, 2.05) is 0 Å².